The number of amides is 1. The number of hydrogen-bond acceptors (Lipinski definition) is 7. The van der Waals surface area contributed by atoms with Gasteiger partial charge in [0.2, 0.25) is 10.9 Å². The highest BCUT2D eigenvalue weighted by atomic mass is 32.2. The molecule has 9 nitrogen and oxygen atoms in total. The smallest absolute Gasteiger partial charge is 0.235 e. The van der Waals surface area contributed by atoms with Gasteiger partial charge in [-0.3, -0.25) is 4.79 Å². The third kappa shape index (κ3) is 3.93. The first-order chi connectivity index (χ1) is 17.8. The van der Waals surface area contributed by atoms with Crippen molar-refractivity contribution in [2.45, 2.75) is 55.6 Å². The van der Waals surface area contributed by atoms with E-state index in [0.29, 0.717) is 28.4 Å². The van der Waals surface area contributed by atoms with Gasteiger partial charge in [-0.15, -0.1) is 5.10 Å². The number of nitrogens with one attached hydrogen (secondary N) is 1. The summed E-state index contributed by atoms with van der Waals surface area (Å²) < 4.78 is 34.4. The Morgan fingerprint density at radius 1 is 1.14 bits per heavy atom. The van der Waals surface area contributed by atoms with Crippen LogP contribution in [0.15, 0.2) is 47.5 Å². The number of carbonyl (C=O) groups is 1. The van der Waals surface area contributed by atoms with Gasteiger partial charge in [-0.1, -0.05) is 36.8 Å². The molecule has 0 unspecified atom stereocenters. The standard InChI is InChI=1S/C27H31N5O4S/c1-3-37(34,35)25-24(32(30-29-25)19-8-5-4-6-9-19)18-16-21-23(28-26(33)27(21)12-7-13-27)22(17-18)36-20-10-14-31(2)15-11-20/h4-6,8-9,16-17,20H,3,7,10-15H2,1-2H3,(H,28,33). The van der Waals surface area contributed by atoms with Crippen molar-refractivity contribution in [3.63, 3.8) is 0 Å². The summed E-state index contributed by atoms with van der Waals surface area (Å²) >= 11 is 0. The van der Waals surface area contributed by atoms with Crippen LogP contribution in [0.4, 0.5) is 5.69 Å². The Kier molecular flexibility index (Phi) is 5.83. The van der Waals surface area contributed by atoms with Gasteiger partial charge in [0.25, 0.3) is 0 Å². The molecule has 6 rings (SSSR count). The summed E-state index contributed by atoms with van der Waals surface area (Å²) in [6.07, 6.45) is 4.28. The minimum atomic E-state index is -3.68. The highest BCUT2D eigenvalue weighted by Crippen LogP contribution is 2.55. The Labute approximate surface area is 216 Å². The zero-order valence-electron chi connectivity index (χ0n) is 21.1. The van der Waals surface area contributed by atoms with E-state index in [1.54, 1.807) is 11.6 Å². The summed E-state index contributed by atoms with van der Waals surface area (Å²) in [6, 6.07) is 13.2. The molecule has 0 atom stereocenters. The van der Waals surface area contributed by atoms with E-state index in [2.05, 4.69) is 27.6 Å². The van der Waals surface area contributed by atoms with Crippen molar-refractivity contribution in [2.75, 3.05) is 31.2 Å². The molecular weight excluding hydrogens is 490 g/mol. The van der Waals surface area contributed by atoms with Crippen LogP contribution in [0, 0.1) is 0 Å². The second-order valence-electron chi connectivity index (χ2n) is 10.3. The molecule has 0 radical (unpaired) electrons. The number of sulfone groups is 1. The maximum Gasteiger partial charge on any atom is 0.235 e. The first kappa shape index (κ1) is 24.1. The molecule has 1 saturated heterocycles. The van der Waals surface area contributed by atoms with Crippen LogP contribution >= 0.6 is 0 Å². The molecule has 1 N–H and O–H groups in total. The number of carbonyl (C=O) groups excluding carboxylic acids is 1. The van der Waals surface area contributed by atoms with Gasteiger partial charge in [0.05, 0.1) is 22.5 Å². The van der Waals surface area contributed by atoms with E-state index in [0.717, 1.165) is 50.8 Å². The highest BCUT2D eigenvalue weighted by Gasteiger charge is 2.52. The number of hydrogen-bond donors (Lipinski definition) is 1. The number of benzene rings is 2. The molecule has 3 heterocycles. The van der Waals surface area contributed by atoms with Gasteiger partial charge < -0.3 is 15.0 Å². The number of para-hydroxylation sites is 1. The highest BCUT2D eigenvalue weighted by molar-refractivity contribution is 7.91. The van der Waals surface area contributed by atoms with E-state index >= 15 is 0 Å². The maximum absolute atomic E-state index is 13.2. The van der Waals surface area contributed by atoms with E-state index < -0.39 is 15.3 Å². The van der Waals surface area contributed by atoms with E-state index in [9.17, 15) is 13.2 Å². The molecule has 3 aromatic rings. The average molecular weight is 522 g/mol. The average Bonchev–Trinajstić information content (AvgIpc) is 3.45. The third-order valence-electron chi connectivity index (χ3n) is 8.05. The number of nitrogens with zero attached hydrogens (tertiary/aromatic N) is 4. The minimum Gasteiger partial charge on any atom is -0.488 e. The predicted molar refractivity (Wildman–Crippen MR) is 140 cm³/mol. The maximum atomic E-state index is 13.2. The fourth-order valence-corrected chi connectivity index (χ4v) is 6.56. The van der Waals surface area contributed by atoms with E-state index in [-0.39, 0.29) is 22.8 Å². The Balaban J connectivity index is 1.55. The summed E-state index contributed by atoms with van der Waals surface area (Å²) in [5.74, 6) is 0.483. The van der Waals surface area contributed by atoms with Crippen molar-refractivity contribution in [2.24, 2.45) is 0 Å². The van der Waals surface area contributed by atoms with Crippen LogP contribution in [0.3, 0.4) is 0 Å². The normalized spacial score (nSPS) is 19.5. The lowest BCUT2D eigenvalue weighted by Crippen LogP contribution is -2.40. The number of piperidine rings is 1. The van der Waals surface area contributed by atoms with Gasteiger partial charge in [0.1, 0.15) is 17.5 Å². The zero-order valence-corrected chi connectivity index (χ0v) is 21.9. The van der Waals surface area contributed by atoms with Gasteiger partial charge in [-0.2, -0.15) is 0 Å². The second-order valence-corrected chi connectivity index (χ2v) is 12.5. The van der Waals surface area contributed by atoms with Crippen LogP contribution in [-0.2, 0) is 20.0 Å². The van der Waals surface area contributed by atoms with E-state index in [1.807, 2.05) is 42.5 Å². The minimum absolute atomic E-state index is 0.00442. The molecule has 37 heavy (non-hydrogen) atoms. The van der Waals surface area contributed by atoms with Crippen LogP contribution < -0.4 is 10.1 Å². The Hall–Kier alpha value is -3.24. The molecule has 1 amide bonds. The van der Waals surface area contributed by atoms with Crippen molar-refractivity contribution in [1.82, 2.24) is 19.9 Å². The molecule has 1 aliphatic carbocycles. The molecule has 2 aliphatic heterocycles. The van der Waals surface area contributed by atoms with Crippen molar-refractivity contribution >= 4 is 21.4 Å². The summed E-state index contributed by atoms with van der Waals surface area (Å²) in [6.45, 7) is 3.47. The zero-order chi connectivity index (χ0) is 25.8. The number of rotatable bonds is 6. The molecule has 2 fully saturated rings. The fraction of sp³-hybridized carbons (Fsp3) is 0.444. The largest absolute Gasteiger partial charge is 0.488 e. The van der Waals surface area contributed by atoms with Gasteiger partial charge in [-0.05, 0) is 62.6 Å². The first-order valence-corrected chi connectivity index (χ1v) is 14.6. The quantitative estimate of drug-likeness (QED) is 0.529. The molecule has 10 heteroatoms. The summed E-state index contributed by atoms with van der Waals surface area (Å²) in [7, 11) is -1.58. The summed E-state index contributed by atoms with van der Waals surface area (Å²) in [5.41, 5.74) is 2.72. The van der Waals surface area contributed by atoms with Gasteiger partial charge in [-0.25, -0.2) is 13.1 Å². The topological polar surface area (TPSA) is 106 Å². The van der Waals surface area contributed by atoms with Crippen molar-refractivity contribution in [3.05, 3.63) is 48.0 Å². The SMILES string of the molecule is CCS(=O)(=O)c1nnn(-c2ccccc2)c1-c1cc(OC2CCN(C)CC2)c2c(c1)C1(CCC1)C(=O)N2. The number of fused-ring (bicyclic) bond motifs is 2. The summed E-state index contributed by atoms with van der Waals surface area (Å²) in [4.78, 5) is 15.5. The Morgan fingerprint density at radius 2 is 1.86 bits per heavy atom. The van der Waals surface area contributed by atoms with Crippen molar-refractivity contribution in [1.29, 1.82) is 0 Å². The van der Waals surface area contributed by atoms with Crippen LogP contribution in [-0.4, -0.2) is 66.2 Å². The lowest BCUT2D eigenvalue weighted by Gasteiger charge is -2.36. The van der Waals surface area contributed by atoms with Crippen LogP contribution in [0.1, 0.15) is 44.6 Å². The van der Waals surface area contributed by atoms with Gasteiger partial charge >= 0.3 is 0 Å². The number of aromatic nitrogens is 3. The molecule has 0 bridgehead atoms. The van der Waals surface area contributed by atoms with Crippen molar-refractivity contribution < 1.29 is 17.9 Å². The number of ether oxygens (including phenoxy) is 1. The van der Waals surface area contributed by atoms with Gasteiger partial charge in [0.15, 0.2) is 9.84 Å². The van der Waals surface area contributed by atoms with Crippen molar-refractivity contribution in [3.8, 4) is 22.7 Å². The van der Waals surface area contributed by atoms with E-state index in [4.69, 9.17) is 4.74 Å². The molecule has 1 aromatic heterocycles. The summed E-state index contributed by atoms with van der Waals surface area (Å²) in [5, 5.41) is 11.4. The fourth-order valence-electron chi connectivity index (χ4n) is 5.63. The lowest BCUT2D eigenvalue weighted by molar-refractivity contribution is -0.123. The van der Waals surface area contributed by atoms with Gasteiger partial charge in [0, 0.05) is 18.7 Å². The van der Waals surface area contributed by atoms with E-state index in [1.165, 1.54) is 0 Å². The molecule has 1 saturated carbocycles. The van der Waals surface area contributed by atoms with Crippen LogP contribution in [0.5, 0.6) is 5.75 Å². The Morgan fingerprint density at radius 3 is 2.51 bits per heavy atom. The number of anilines is 1. The molecular formula is C27H31N5O4S. The molecule has 194 valence electrons. The predicted octanol–water partition coefficient (Wildman–Crippen LogP) is 3.57. The van der Waals surface area contributed by atoms with Crippen LogP contribution in [0.25, 0.3) is 16.9 Å². The monoisotopic (exact) mass is 521 g/mol. The molecule has 1 spiro atoms. The second kappa shape index (κ2) is 8.95. The lowest BCUT2D eigenvalue weighted by atomic mass is 9.65. The number of likely N-dealkylation sites (tertiary alicyclic amines) is 1. The Bertz CT molecular complexity index is 1460. The molecule has 2 aromatic carbocycles. The molecule has 3 aliphatic rings. The third-order valence-corrected chi connectivity index (χ3v) is 9.67. The van der Waals surface area contributed by atoms with Crippen LogP contribution in [0.2, 0.25) is 0 Å². The first-order valence-electron chi connectivity index (χ1n) is 12.9.